The molecule has 1 saturated carbocycles. The summed E-state index contributed by atoms with van der Waals surface area (Å²) in [5, 5.41) is 8.96. The molecule has 1 fully saturated rings. The van der Waals surface area contributed by atoms with E-state index in [1.807, 2.05) is 60.7 Å². The second kappa shape index (κ2) is 9.64. The molecule has 1 unspecified atom stereocenters. The summed E-state index contributed by atoms with van der Waals surface area (Å²) in [4.78, 5) is 15.7. The quantitative estimate of drug-likeness (QED) is 0.288. The van der Waals surface area contributed by atoms with Crippen molar-refractivity contribution in [3.63, 3.8) is 0 Å². The van der Waals surface area contributed by atoms with E-state index in [0.29, 0.717) is 22.3 Å². The van der Waals surface area contributed by atoms with E-state index in [1.54, 1.807) is 0 Å². The molecule has 1 N–H and O–H groups in total. The summed E-state index contributed by atoms with van der Waals surface area (Å²) in [7, 11) is 0. The number of aromatic amines is 1. The van der Waals surface area contributed by atoms with Gasteiger partial charge in [0.25, 0.3) is 5.91 Å². The largest absolute Gasteiger partial charge is 0.489 e. The third-order valence-corrected chi connectivity index (χ3v) is 7.81. The van der Waals surface area contributed by atoms with Gasteiger partial charge in [0.05, 0.1) is 11.7 Å². The van der Waals surface area contributed by atoms with Crippen molar-refractivity contribution in [1.82, 2.24) is 15.1 Å². The molecule has 1 aliphatic carbocycles. The van der Waals surface area contributed by atoms with Crippen molar-refractivity contribution in [2.75, 3.05) is 0 Å². The summed E-state index contributed by atoms with van der Waals surface area (Å²) in [6.07, 6.45) is 4.34. The number of rotatable bonds is 6. The van der Waals surface area contributed by atoms with Crippen LogP contribution < -0.4 is 4.74 Å². The number of hydrogen-bond donors (Lipinski definition) is 1. The van der Waals surface area contributed by atoms with Crippen LogP contribution in [0.3, 0.4) is 0 Å². The summed E-state index contributed by atoms with van der Waals surface area (Å²) in [6, 6.07) is 23.3. The maximum Gasteiger partial charge on any atom is 0.273 e. The van der Waals surface area contributed by atoms with Gasteiger partial charge in [0.15, 0.2) is 0 Å². The molecule has 1 amide bonds. The first-order valence-corrected chi connectivity index (χ1v) is 13.0. The van der Waals surface area contributed by atoms with E-state index in [2.05, 4.69) is 27.2 Å². The third-order valence-electron chi connectivity index (χ3n) is 7.19. The predicted molar refractivity (Wildman–Crippen MR) is 142 cm³/mol. The Hall–Kier alpha value is -3.28. The van der Waals surface area contributed by atoms with Crippen LogP contribution in [-0.4, -0.2) is 27.0 Å². The highest BCUT2D eigenvalue weighted by atomic mass is 35.5. The summed E-state index contributed by atoms with van der Waals surface area (Å²) >= 11 is 12.4. The number of ether oxygens (including phenoxy) is 1. The van der Waals surface area contributed by atoms with Crippen LogP contribution in [0.1, 0.15) is 58.9 Å². The van der Waals surface area contributed by atoms with Gasteiger partial charge in [0.1, 0.15) is 18.1 Å². The topological polar surface area (TPSA) is 58.2 Å². The molecular weight excluding hydrogens is 493 g/mol. The fourth-order valence-corrected chi connectivity index (χ4v) is 5.72. The highest BCUT2D eigenvalue weighted by molar-refractivity contribution is 6.31. The first-order valence-electron chi connectivity index (χ1n) is 12.2. The van der Waals surface area contributed by atoms with Crippen LogP contribution in [0.5, 0.6) is 5.75 Å². The maximum absolute atomic E-state index is 13.6. The monoisotopic (exact) mass is 517 g/mol. The third kappa shape index (κ3) is 4.16. The zero-order valence-electron chi connectivity index (χ0n) is 19.6. The highest BCUT2D eigenvalue weighted by Crippen LogP contribution is 2.46. The van der Waals surface area contributed by atoms with Crippen LogP contribution in [0, 0.1) is 0 Å². The summed E-state index contributed by atoms with van der Waals surface area (Å²) in [6.45, 7) is 0.391. The Morgan fingerprint density at radius 1 is 0.944 bits per heavy atom. The summed E-state index contributed by atoms with van der Waals surface area (Å²) in [5.74, 6) is 0.773. The van der Waals surface area contributed by atoms with E-state index in [-0.39, 0.29) is 18.0 Å². The van der Waals surface area contributed by atoms with Crippen LogP contribution in [-0.2, 0) is 6.61 Å². The van der Waals surface area contributed by atoms with Gasteiger partial charge in [-0.2, -0.15) is 5.10 Å². The van der Waals surface area contributed by atoms with Gasteiger partial charge in [-0.1, -0.05) is 78.5 Å². The molecule has 5 nitrogen and oxygen atoms in total. The van der Waals surface area contributed by atoms with Gasteiger partial charge < -0.3 is 9.64 Å². The van der Waals surface area contributed by atoms with E-state index in [0.717, 1.165) is 59.4 Å². The van der Waals surface area contributed by atoms with Crippen LogP contribution >= 0.6 is 23.2 Å². The molecule has 1 aliphatic heterocycles. The molecule has 0 spiro atoms. The van der Waals surface area contributed by atoms with Crippen molar-refractivity contribution in [3.8, 4) is 17.0 Å². The maximum atomic E-state index is 13.6. The summed E-state index contributed by atoms with van der Waals surface area (Å²) in [5.41, 5.74) is 5.21. The lowest BCUT2D eigenvalue weighted by Gasteiger charge is -2.32. The van der Waals surface area contributed by atoms with Gasteiger partial charge in [-0.25, -0.2) is 0 Å². The van der Waals surface area contributed by atoms with E-state index < -0.39 is 0 Å². The Bertz CT molecular complexity index is 1390. The SMILES string of the molecule is O=C1c2[nH]nc(-c3ccc(Cl)cc3)c2C(c2ccc(OCc3ccccc3Cl)cc2)N1C1CCCC1. The van der Waals surface area contributed by atoms with E-state index >= 15 is 0 Å². The Morgan fingerprint density at radius 3 is 2.39 bits per heavy atom. The zero-order chi connectivity index (χ0) is 24.6. The molecule has 0 bridgehead atoms. The number of fused-ring (bicyclic) bond motifs is 1. The van der Waals surface area contributed by atoms with Crippen molar-refractivity contribution in [3.05, 3.63) is 105 Å². The lowest BCUT2D eigenvalue weighted by molar-refractivity contribution is 0.0660. The van der Waals surface area contributed by atoms with Gasteiger partial charge in [0, 0.05) is 32.8 Å². The molecule has 36 heavy (non-hydrogen) atoms. The van der Waals surface area contributed by atoms with Crippen LogP contribution in [0.2, 0.25) is 10.0 Å². The number of halogens is 2. The summed E-state index contributed by atoms with van der Waals surface area (Å²) < 4.78 is 6.00. The second-order valence-electron chi connectivity index (χ2n) is 9.37. The lowest BCUT2D eigenvalue weighted by Crippen LogP contribution is -2.37. The molecule has 1 atom stereocenters. The van der Waals surface area contributed by atoms with Crippen molar-refractivity contribution < 1.29 is 9.53 Å². The van der Waals surface area contributed by atoms with E-state index in [4.69, 9.17) is 27.9 Å². The number of carbonyl (C=O) groups is 1. The molecule has 7 heteroatoms. The number of amides is 1. The molecule has 6 rings (SSSR count). The Balaban J connectivity index is 1.34. The first-order chi connectivity index (χ1) is 17.6. The molecular formula is C29H25Cl2N3O2. The average molecular weight is 518 g/mol. The fraction of sp³-hybridized carbons (Fsp3) is 0.241. The van der Waals surface area contributed by atoms with Gasteiger partial charge in [-0.15, -0.1) is 0 Å². The Morgan fingerprint density at radius 2 is 1.67 bits per heavy atom. The van der Waals surface area contributed by atoms with Gasteiger partial charge in [0.2, 0.25) is 0 Å². The standard InChI is InChI=1S/C29H25Cl2N3O2/c30-21-13-9-18(10-14-21)26-25-27(33-32-26)29(35)34(22-6-2-3-7-22)28(25)19-11-15-23(16-12-19)36-17-20-5-1-4-8-24(20)31/h1,4-5,8-16,22,28H,2-3,6-7,17H2,(H,32,33). The van der Waals surface area contributed by atoms with Gasteiger partial charge >= 0.3 is 0 Å². The normalized spacial score (nSPS) is 17.6. The second-order valence-corrected chi connectivity index (χ2v) is 10.2. The zero-order valence-corrected chi connectivity index (χ0v) is 21.1. The molecule has 0 saturated heterocycles. The van der Waals surface area contributed by atoms with E-state index in [1.165, 1.54) is 0 Å². The van der Waals surface area contributed by atoms with Crippen LogP contribution in [0.4, 0.5) is 0 Å². The Labute approximate surface area is 220 Å². The minimum Gasteiger partial charge on any atom is -0.489 e. The number of hydrogen-bond acceptors (Lipinski definition) is 3. The minimum atomic E-state index is -0.211. The molecule has 4 aromatic rings. The lowest BCUT2D eigenvalue weighted by atomic mass is 9.95. The van der Waals surface area contributed by atoms with Crippen LogP contribution in [0.15, 0.2) is 72.8 Å². The number of carbonyl (C=O) groups excluding carboxylic acids is 1. The van der Waals surface area contributed by atoms with Crippen molar-refractivity contribution in [1.29, 1.82) is 0 Å². The first kappa shape index (κ1) is 23.1. The number of H-pyrrole nitrogens is 1. The number of aromatic nitrogens is 2. The van der Waals surface area contributed by atoms with Crippen LogP contribution in [0.25, 0.3) is 11.3 Å². The number of benzene rings is 3. The fourth-order valence-electron chi connectivity index (χ4n) is 5.40. The van der Waals surface area contributed by atoms with Gasteiger partial charge in [-0.3, -0.25) is 9.89 Å². The van der Waals surface area contributed by atoms with Crippen molar-refractivity contribution in [2.45, 2.75) is 44.4 Å². The Kier molecular flexibility index (Phi) is 6.20. The molecule has 182 valence electrons. The predicted octanol–water partition coefficient (Wildman–Crippen LogP) is 7.45. The smallest absolute Gasteiger partial charge is 0.273 e. The minimum absolute atomic E-state index is 0.0219. The number of nitrogens with zero attached hydrogens (tertiary/aromatic N) is 2. The highest BCUT2D eigenvalue weighted by Gasteiger charge is 2.45. The van der Waals surface area contributed by atoms with Crippen molar-refractivity contribution in [2.24, 2.45) is 0 Å². The average Bonchev–Trinajstić information content (AvgIpc) is 3.63. The number of nitrogens with one attached hydrogen (secondary N) is 1. The van der Waals surface area contributed by atoms with Gasteiger partial charge in [-0.05, 0) is 48.7 Å². The molecule has 2 heterocycles. The molecule has 2 aliphatic rings. The molecule has 3 aromatic carbocycles. The molecule has 0 radical (unpaired) electrons. The molecule has 1 aromatic heterocycles. The van der Waals surface area contributed by atoms with Crippen molar-refractivity contribution >= 4 is 29.1 Å². The van der Waals surface area contributed by atoms with E-state index in [9.17, 15) is 4.79 Å².